The first kappa shape index (κ1) is 43.9. The van der Waals surface area contributed by atoms with Gasteiger partial charge in [0.1, 0.15) is 31.5 Å². The number of benzene rings is 3. The van der Waals surface area contributed by atoms with Crippen LogP contribution in [0.2, 0.25) is 0 Å². The third-order valence-corrected chi connectivity index (χ3v) is 8.74. The fraction of sp³-hybridized carbons (Fsp3) is 0.390. The Labute approximate surface area is 337 Å². The summed E-state index contributed by atoms with van der Waals surface area (Å²) in [5, 5.41) is 11.4. The quantitative estimate of drug-likeness (QED) is 0.182. The monoisotopic (exact) mass is 822 g/mol. The molecule has 0 saturated carbocycles. The maximum Gasteiger partial charge on any atom is 0.338 e. The van der Waals surface area contributed by atoms with Gasteiger partial charge >= 0.3 is 41.8 Å². The van der Waals surface area contributed by atoms with Crippen LogP contribution in [0.3, 0.4) is 0 Å². The van der Waals surface area contributed by atoms with Crippen LogP contribution in [0.25, 0.3) is 0 Å². The molecule has 2 fully saturated rings. The Morgan fingerprint density at radius 3 is 1.36 bits per heavy atom. The molecule has 59 heavy (non-hydrogen) atoms. The lowest BCUT2D eigenvalue weighted by Gasteiger charge is -2.48. The van der Waals surface area contributed by atoms with Gasteiger partial charge in [-0.15, -0.1) is 0 Å². The van der Waals surface area contributed by atoms with E-state index < -0.39 is 116 Å². The smallest absolute Gasteiger partial charge is 0.338 e. The molecule has 18 heteroatoms. The molecule has 0 amide bonds. The van der Waals surface area contributed by atoms with E-state index in [4.69, 9.17) is 47.4 Å². The third-order valence-electron chi connectivity index (χ3n) is 8.74. The summed E-state index contributed by atoms with van der Waals surface area (Å²) in [6.45, 7) is 2.88. The molecule has 3 aromatic carbocycles. The summed E-state index contributed by atoms with van der Waals surface area (Å²) in [6.07, 6.45) is -17.4. The van der Waals surface area contributed by atoms with Crippen molar-refractivity contribution < 1.29 is 86.0 Å². The minimum atomic E-state index is -2.05. The molecular weight excluding hydrogens is 780 g/mol. The van der Waals surface area contributed by atoms with Gasteiger partial charge in [-0.3, -0.25) is 19.2 Å². The Balaban J connectivity index is 1.61. The summed E-state index contributed by atoms with van der Waals surface area (Å²) in [6, 6.07) is 23.1. The van der Waals surface area contributed by atoms with Gasteiger partial charge in [-0.25, -0.2) is 14.4 Å². The van der Waals surface area contributed by atoms with E-state index in [1.54, 1.807) is 54.6 Å². The molecule has 5 rings (SSSR count). The molecule has 2 aliphatic rings. The standard InChI is InChI=1S/C41H42O18/c1-22(42)50-20-30-31(52-23(2)43)34(53-24(3)44)36(54-25(4)45)41(56-30)59-32-29(21-51-37(46)26-14-8-5-9-15-26)55-40(49)35(58-39(48)28-18-12-7-13-19-28)33(32)57-38(47)27-16-10-6-11-17-27/h5-19,29-36,40-41,49H,20-21H2,1-4H3/t29-,30-,31+,32+,33+,34+,35-,36-,40+,41+/m1/s1. The van der Waals surface area contributed by atoms with Crippen LogP contribution >= 0.6 is 0 Å². The van der Waals surface area contributed by atoms with Gasteiger partial charge in [-0.2, -0.15) is 0 Å². The molecule has 18 nitrogen and oxygen atoms in total. The molecule has 1 N–H and O–H groups in total. The van der Waals surface area contributed by atoms with E-state index in [9.17, 15) is 38.7 Å². The van der Waals surface area contributed by atoms with Crippen LogP contribution in [0.5, 0.6) is 0 Å². The van der Waals surface area contributed by atoms with Crippen molar-refractivity contribution >= 4 is 41.8 Å². The van der Waals surface area contributed by atoms with Gasteiger partial charge in [0.05, 0.1) is 16.7 Å². The molecule has 2 heterocycles. The number of carbonyl (C=O) groups is 7. The molecule has 314 valence electrons. The van der Waals surface area contributed by atoms with Crippen molar-refractivity contribution in [2.24, 2.45) is 0 Å². The SMILES string of the molecule is CC(=O)OC[C@H]1O[C@@H](O[C@@H]2[C@H](OC(=O)c3ccccc3)[C@@H](OC(=O)c3ccccc3)[C@@H](O)O[C@@H]2COC(=O)c2ccccc2)[C@H](OC(C)=O)[C@@H](OC(C)=O)[C@H]1OC(C)=O. The fourth-order valence-corrected chi connectivity index (χ4v) is 6.25. The largest absolute Gasteiger partial charge is 0.463 e. The topological polar surface area (TPSA) is 232 Å². The minimum Gasteiger partial charge on any atom is -0.463 e. The van der Waals surface area contributed by atoms with Crippen molar-refractivity contribution in [3.05, 3.63) is 108 Å². The molecule has 0 spiro atoms. The lowest BCUT2D eigenvalue weighted by molar-refractivity contribution is -0.355. The molecule has 2 aliphatic heterocycles. The summed E-state index contributed by atoms with van der Waals surface area (Å²) in [7, 11) is 0. The van der Waals surface area contributed by atoms with Crippen molar-refractivity contribution in [1.29, 1.82) is 0 Å². The highest BCUT2D eigenvalue weighted by molar-refractivity contribution is 5.91. The predicted molar refractivity (Wildman–Crippen MR) is 196 cm³/mol. The molecule has 3 aromatic rings. The Bertz CT molecular complexity index is 1940. The summed E-state index contributed by atoms with van der Waals surface area (Å²) >= 11 is 0. The van der Waals surface area contributed by atoms with Crippen LogP contribution in [0.1, 0.15) is 58.8 Å². The Morgan fingerprint density at radius 1 is 0.458 bits per heavy atom. The lowest BCUT2D eigenvalue weighted by Crippen LogP contribution is -2.67. The van der Waals surface area contributed by atoms with Crippen molar-refractivity contribution in [1.82, 2.24) is 0 Å². The first-order valence-corrected chi connectivity index (χ1v) is 18.3. The molecular formula is C41H42O18. The van der Waals surface area contributed by atoms with Crippen LogP contribution in [-0.4, -0.2) is 122 Å². The normalized spacial score (nSPS) is 26.3. The highest BCUT2D eigenvalue weighted by Gasteiger charge is 2.57. The van der Waals surface area contributed by atoms with Gasteiger partial charge in [0.25, 0.3) is 0 Å². The number of rotatable bonds is 14. The zero-order valence-electron chi connectivity index (χ0n) is 32.2. The highest BCUT2D eigenvalue weighted by Crippen LogP contribution is 2.35. The third kappa shape index (κ3) is 11.9. The predicted octanol–water partition coefficient (Wildman–Crippen LogP) is 2.48. The van der Waals surface area contributed by atoms with Crippen molar-refractivity contribution in [2.75, 3.05) is 13.2 Å². The van der Waals surface area contributed by atoms with Gasteiger partial charge in [-0.05, 0) is 36.4 Å². The van der Waals surface area contributed by atoms with E-state index in [0.717, 1.165) is 27.7 Å². The molecule has 0 aromatic heterocycles. The molecule has 2 saturated heterocycles. The first-order chi connectivity index (χ1) is 28.2. The average molecular weight is 823 g/mol. The van der Waals surface area contributed by atoms with Gasteiger partial charge in [0.2, 0.25) is 0 Å². The second kappa shape index (κ2) is 20.5. The second-order valence-corrected chi connectivity index (χ2v) is 13.2. The number of carbonyl (C=O) groups excluding carboxylic acids is 7. The van der Waals surface area contributed by atoms with E-state index >= 15 is 0 Å². The van der Waals surface area contributed by atoms with Crippen molar-refractivity contribution in [3.63, 3.8) is 0 Å². The van der Waals surface area contributed by atoms with Crippen LogP contribution in [0.15, 0.2) is 91.0 Å². The van der Waals surface area contributed by atoms with E-state index in [1.807, 2.05) is 0 Å². The fourth-order valence-electron chi connectivity index (χ4n) is 6.25. The van der Waals surface area contributed by atoms with Gasteiger partial charge < -0.3 is 52.5 Å². The maximum absolute atomic E-state index is 13.8. The van der Waals surface area contributed by atoms with Crippen LogP contribution in [-0.2, 0) is 66.5 Å². The minimum absolute atomic E-state index is 0.0275. The summed E-state index contributed by atoms with van der Waals surface area (Å²) in [5.74, 6) is -6.31. The molecule has 10 atom stereocenters. The van der Waals surface area contributed by atoms with Crippen molar-refractivity contribution in [3.8, 4) is 0 Å². The number of hydrogen-bond acceptors (Lipinski definition) is 18. The lowest BCUT2D eigenvalue weighted by atomic mass is 9.96. The number of aliphatic hydroxyl groups excluding tert-OH is 1. The molecule has 0 aliphatic carbocycles. The maximum atomic E-state index is 13.8. The summed E-state index contributed by atoms with van der Waals surface area (Å²) in [4.78, 5) is 89.7. The summed E-state index contributed by atoms with van der Waals surface area (Å²) < 4.78 is 57.4. The van der Waals surface area contributed by atoms with Crippen LogP contribution in [0.4, 0.5) is 0 Å². The van der Waals surface area contributed by atoms with Gasteiger partial charge in [0, 0.05) is 27.7 Å². The first-order valence-electron chi connectivity index (χ1n) is 18.3. The molecule has 0 radical (unpaired) electrons. The number of ether oxygens (including phenoxy) is 10. The van der Waals surface area contributed by atoms with E-state index in [1.165, 1.54) is 36.4 Å². The molecule has 0 unspecified atom stereocenters. The second-order valence-electron chi connectivity index (χ2n) is 13.2. The van der Waals surface area contributed by atoms with Crippen LogP contribution in [0, 0.1) is 0 Å². The van der Waals surface area contributed by atoms with Gasteiger partial charge in [0.15, 0.2) is 43.1 Å². The Morgan fingerprint density at radius 2 is 0.864 bits per heavy atom. The van der Waals surface area contributed by atoms with Crippen LogP contribution < -0.4 is 0 Å². The number of aliphatic hydroxyl groups is 1. The zero-order valence-corrected chi connectivity index (χ0v) is 32.2. The molecule has 0 bridgehead atoms. The highest BCUT2D eigenvalue weighted by atomic mass is 16.8. The Hall–Kier alpha value is -6.21. The average Bonchev–Trinajstić information content (AvgIpc) is 3.21. The van der Waals surface area contributed by atoms with Gasteiger partial charge in [-0.1, -0.05) is 54.6 Å². The van der Waals surface area contributed by atoms with E-state index in [2.05, 4.69) is 0 Å². The van der Waals surface area contributed by atoms with E-state index in [0.29, 0.717) is 0 Å². The van der Waals surface area contributed by atoms with Crippen molar-refractivity contribution in [2.45, 2.75) is 89.1 Å². The number of esters is 7. The van der Waals surface area contributed by atoms with E-state index in [-0.39, 0.29) is 16.7 Å². The number of hydrogen-bond donors (Lipinski definition) is 1. The zero-order chi connectivity index (χ0) is 42.6. The Kier molecular flexibility index (Phi) is 15.2. The summed E-state index contributed by atoms with van der Waals surface area (Å²) in [5.41, 5.74) is 0.214.